The number of hydrogen-bond donors (Lipinski definition) is 1. The van der Waals surface area contributed by atoms with Crippen LogP contribution in [0.15, 0.2) is 54.6 Å². The molecule has 0 aliphatic rings. The molecule has 0 fully saturated rings. The molecule has 0 radical (unpaired) electrons. The maximum atomic E-state index is 13.1. The van der Waals surface area contributed by atoms with Gasteiger partial charge in [-0.3, -0.25) is 9.59 Å². The van der Waals surface area contributed by atoms with E-state index in [4.69, 9.17) is 4.74 Å². The Morgan fingerprint density at radius 2 is 1.73 bits per heavy atom. The van der Waals surface area contributed by atoms with E-state index in [1.54, 1.807) is 4.90 Å². The van der Waals surface area contributed by atoms with Crippen LogP contribution in [-0.2, 0) is 16.0 Å². The van der Waals surface area contributed by atoms with Crippen LogP contribution in [0.4, 0.5) is 4.39 Å². The first-order valence-electron chi connectivity index (χ1n) is 10.4. The average Bonchev–Trinajstić information content (AvgIpc) is 2.75. The first-order valence-corrected chi connectivity index (χ1v) is 10.4. The smallest absolute Gasteiger partial charge is 0.261 e. The molecule has 2 aromatic rings. The summed E-state index contributed by atoms with van der Waals surface area (Å²) in [7, 11) is 0. The molecule has 30 heavy (non-hydrogen) atoms. The van der Waals surface area contributed by atoms with Crippen LogP contribution in [0.25, 0.3) is 0 Å². The molecule has 2 aromatic carbocycles. The summed E-state index contributed by atoms with van der Waals surface area (Å²) in [6.07, 6.45) is 1.14. The molecule has 162 valence electrons. The number of nitrogens with one attached hydrogen (secondary N) is 1. The Labute approximate surface area is 178 Å². The van der Waals surface area contributed by atoms with Gasteiger partial charge in [0.2, 0.25) is 5.91 Å². The van der Waals surface area contributed by atoms with Gasteiger partial charge in [-0.05, 0) is 48.6 Å². The molecule has 0 saturated heterocycles. The van der Waals surface area contributed by atoms with E-state index in [-0.39, 0.29) is 24.2 Å². The van der Waals surface area contributed by atoms with Crippen molar-refractivity contribution in [1.82, 2.24) is 10.2 Å². The van der Waals surface area contributed by atoms with Gasteiger partial charge in [0.15, 0.2) is 6.61 Å². The SMILES string of the molecule is CC[C@H](C(=O)NCC(C)C)N(CCc1ccccc1)C(=O)COc1ccc(F)cc1. The zero-order valence-corrected chi connectivity index (χ0v) is 17.9. The predicted molar refractivity (Wildman–Crippen MR) is 116 cm³/mol. The highest BCUT2D eigenvalue weighted by Gasteiger charge is 2.28. The molecule has 0 spiro atoms. The van der Waals surface area contributed by atoms with Crippen molar-refractivity contribution in [2.24, 2.45) is 5.92 Å². The van der Waals surface area contributed by atoms with Gasteiger partial charge in [-0.25, -0.2) is 4.39 Å². The minimum absolute atomic E-state index is 0.158. The average molecular weight is 415 g/mol. The molecule has 2 amide bonds. The lowest BCUT2D eigenvalue weighted by molar-refractivity contribution is -0.142. The molecular formula is C24H31FN2O3. The van der Waals surface area contributed by atoms with Gasteiger partial charge >= 0.3 is 0 Å². The fourth-order valence-electron chi connectivity index (χ4n) is 3.08. The maximum absolute atomic E-state index is 13.1. The second kappa shape index (κ2) is 12.0. The molecule has 0 saturated carbocycles. The Morgan fingerprint density at radius 1 is 1.07 bits per heavy atom. The van der Waals surface area contributed by atoms with E-state index in [0.717, 1.165) is 5.56 Å². The van der Waals surface area contributed by atoms with Gasteiger partial charge in [0, 0.05) is 13.1 Å². The third-order valence-electron chi connectivity index (χ3n) is 4.73. The highest BCUT2D eigenvalue weighted by molar-refractivity contribution is 5.88. The molecule has 0 heterocycles. The van der Waals surface area contributed by atoms with Crippen LogP contribution in [0.2, 0.25) is 0 Å². The second-order valence-electron chi connectivity index (χ2n) is 7.63. The van der Waals surface area contributed by atoms with Crippen LogP contribution in [0, 0.1) is 11.7 Å². The lowest BCUT2D eigenvalue weighted by atomic mass is 10.1. The summed E-state index contributed by atoms with van der Waals surface area (Å²) < 4.78 is 18.6. The normalized spacial score (nSPS) is 11.8. The van der Waals surface area contributed by atoms with Crippen LogP contribution in [0.1, 0.15) is 32.8 Å². The molecule has 0 unspecified atom stereocenters. The molecule has 1 atom stereocenters. The minimum atomic E-state index is -0.572. The largest absolute Gasteiger partial charge is 0.484 e. The summed E-state index contributed by atoms with van der Waals surface area (Å²) in [6.45, 7) is 6.69. The van der Waals surface area contributed by atoms with E-state index >= 15 is 0 Å². The third kappa shape index (κ3) is 7.50. The fourth-order valence-corrected chi connectivity index (χ4v) is 3.08. The quantitative estimate of drug-likeness (QED) is 0.608. The minimum Gasteiger partial charge on any atom is -0.484 e. The van der Waals surface area contributed by atoms with Crippen molar-refractivity contribution in [3.63, 3.8) is 0 Å². The fraction of sp³-hybridized carbons (Fsp3) is 0.417. The third-order valence-corrected chi connectivity index (χ3v) is 4.73. The summed E-state index contributed by atoms with van der Waals surface area (Å²) >= 11 is 0. The van der Waals surface area contributed by atoms with E-state index in [9.17, 15) is 14.0 Å². The molecule has 6 heteroatoms. The van der Waals surface area contributed by atoms with Gasteiger partial charge in [-0.15, -0.1) is 0 Å². The van der Waals surface area contributed by atoms with Crippen molar-refractivity contribution in [2.45, 2.75) is 39.7 Å². The molecule has 0 aliphatic carbocycles. The molecule has 2 rings (SSSR count). The highest BCUT2D eigenvalue weighted by Crippen LogP contribution is 2.13. The highest BCUT2D eigenvalue weighted by atomic mass is 19.1. The molecule has 0 aromatic heterocycles. The Morgan fingerprint density at radius 3 is 2.33 bits per heavy atom. The summed E-state index contributed by atoms with van der Waals surface area (Å²) in [5.41, 5.74) is 1.09. The van der Waals surface area contributed by atoms with Crippen LogP contribution in [0.3, 0.4) is 0 Å². The van der Waals surface area contributed by atoms with Gasteiger partial charge < -0.3 is 15.0 Å². The first-order chi connectivity index (χ1) is 14.4. The Kier molecular flexibility index (Phi) is 9.32. The predicted octanol–water partition coefficient (Wildman–Crippen LogP) is 3.83. The van der Waals surface area contributed by atoms with Crippen molar-refractivity contribution in [3.05, 3.63) is 66.0 Å². The Bertz CT molecular complexity index is 794. The van der Waals surface area contributed by atoms with Crippen LogP contribution in [-0.4, -0.2) is 42.5 Å². The number of ether oxygens (including phenoxy) is 1. The monoisotopic (exact) mass is 414 g/mol. The lowest BCUT2D eigenvalue weighted by Gasteiger charge is -2.30. The molecule has 5 nitrogen and oxygen atoms in total. The van der Waals surface area contributed by atoms with E-state index in [1.165, 1.54) is 24.3 Å². The maximum Gasteiger partial charge on any atom is 0.261 e. The van der Waals surface area contributed by atoms with Crippen molar-refractivity contribution >= 4 is 11.8 Å². The Hall–Kier alpha value is -2.89. The molecule has 0 aliphatic heterocycles. The number of amides is 2. The van der Waals surface area contributed by atoms with Crippen LogP contribution in [0.5, 0.6) is 5.75 Å². The van der Waals surface area contributed by atoms with Crippen LogP contribution < -0.4 is 10.1 Å². The Balaban J connectivity index is 2.09. The van der Waals surface area contributed by atoms with Gasteiger partial charge in [0.25, 0.3) is 5.91 Å². The van der Waals surface area contributed by atoms with Crippen LogP contribution >= 0.6 is 0 Å². The van der Waals surface area contributed by atoms with E-state index in [1.807, 2.05) is 51.1 Å². The number of carbonyl (C=O) groups is 2. The van der Waals surface area contributed by atoms with Gasteiger partial charge in [0.05, 0.1) is 0 Å². The topological polar surface area (TPSA) is 58.6 Å². The number of benzene rings is 2. The van der Waals surface area contributed by atoms with E-state index in [0.29, 0.717) is 37.6 Å². The van der Waals surface area contributed by atoms with E-state index < -0.39 is 6.04 Å². The van der Waals surface area contributed by atoms with Gasteiger partial charge in [-0.1, -0.05) is 51.1 Å². The number of carbonyl (C=O) groups excluding carboxylic acids is 2. The van der Waals surface area contributed by atoms with E-state index in [2.05, 4.69) is 5.32 Å². The summed E-state index contributed by atoms with van der Waals surface area (Å²) in [5.74, 6) is -0.0750. The van der Waals surface area contributed by atoms with Gasteiger partial charge in [0.1, 0.15) is 17.6 Å². The molecular weight excluding hydrogens is 383 g/mol. The number of halogens is 1. The van der Waals surface area contributed by atoms with Gasteiger partial charge in [-0.2, -0.15) is 0 Å². The summed E-state index contributed by atoms with van der Waals surface area (Å²) in [4.78, 5) is 27.3. The second-order valence-corrected chi connectivity index (χ2v) is 7.63. The number of hydrogen-bond acceptors (Lipinski definition) is 3. The zero-order valence-electron chi connectivity index (χ0n) is 17.9. The number of nitrogens with zero attached hydrogens (tertiary/aromatic N) is 1. The standard InChI is InChI=1S/C24H31FN2O3/c1-4-22(24(29)26-16-18(2)3)27(15-14-19-8-6-5-7-9-19)23(28)17-30-21-12-10-20(25)11-13-21/h5-13,18,22H,4,14-17H2,1-3H3,(H,26,29)/t22-/m1/s1. The van der Waals surface area contributed by atoms with Crippen molar-refractivity contribution in [3.8, 4) is 5.75 Å². The number of rotatable bonds is 11. The summed E-state index contributed by atoms with van der Waals surface area (Å²) in [6, 6.07) is 14.8. The molecule has 1 N–H and O–H groups in total. The van der Waals surface area contributed by atoms with Crippen molar-refractivity contribution in [1.29, 1.82) is 0 Å². The van der Waals surface area contributed by atoms with Crippen molar-refractivity contribution in [2.75, 3.05) is 19.7 Å². The zero-order chi connectivity index (χ0) is 21.9. The molecule has 0 bridgehead atoms. The summed E-state index contributed by atoms with van der Waals surface area (Å²) in [5, 5.41) is 2.93. The van der Waals surface area contributed by atoms with Crippen molar-refractivity contribution < 1.29 is 18.7 Å². The first kappa shape index (κ1) is 23.4. The lowest BCUT2D eigenvalue weighted by Crippen LogP contribution is -2.51.